The maximum absolute atomic E-state index is 12.4. The van der Waals surface area contributed by atoms with Crippen LogP contribution in [0.4, 0.5) is 5.69 Å². The average molecular weight is 530 g/mol. The number of carbonyl (C=O) groups excluding carboxylic acids is 1. The molecule has 2 rings (SSSR count). The van der Waals surface area contributed by atoms with Crippen LogP contribution in [0, 0.1) is 0 Å². The van der Waals surface area contributed by atoms with Crippen LogP contribution >= 0.6 is 11.6 Å². The van der Waals surface area contributed by atoms with Crippen LogP contribution in [0.2, 0.25) is 5.02 Å². The van der Waals surface area contributed by atoms with Crippen molar-refractivity contribution in [3.8, 4) is 5.75 Å². The number of amides is 1. The lowest BCUT2D eigenvalue weighted by atomic mass is 10.0. The Morgan fingerprint density at radius 1 is 0.838 bits per heavy atom. The van der Waals surface area contributed by atoms with Gasteiger partial charge in [-0.2, -0.15) is 0 Å². The fraction of sp³-hybridized carbons (Fsp3) is 0.625. The molecule has 0 aliphatic carbocycles. The molecular weight excluding hydrogens is 480 g/mol. The van der Waals surface area contributed by atoms with Crippen LogP contribution in [0.25, 0.3) is 0 Å². The van der Waals surface area contributed by atoms with Crippen LogP contribution < -0.4 is 14.2 Å². The summed E-state index contributed by atoms with van der Waals surface area (Å²) in [4.78, 5) is 14.2. The molecule has 1 aromatic heterocycles. The van der Waals surface area contributed by atoms with Gasteiger partial charge in [-0.3, -0.25) is 4.79 Å². The molecule has 0 radical (unpaired) electrons. The third-order valence-electron chi connectivity index (χ3n) is 7.06. The van der Waals surface area contributed by atoms with E-state index in [0.29, 0.717) is 23.9 Å². The van der Waals surface area contributed by atoms with Crippen molar-refractivity contribution in [2.45, 2.75) is 124 Å². The highest BCUT2D eigenvalue weighted by Crippen LogP contribution is 2.30. The van der Waals surface area contributed by atoms with Gasteiger partial charge in [0.2, 0.25) is 11.6 Å². The first-order valence-electron chi connectivity index (χ1n) is 14.7. The number of halogens is 1. The number of aromatic nitrogens is 1. The van der Waals surface area contributed by atoms with Crippen LogP contribution in [-0.2, 0) is 17.9 Å². The smallest absolute Gasteiger partial charge is 0.224 e. The molecule has 0 spiro atoms. The van der Waals surface area contributed by atoms with Crippen molar-refractivity contribution in [2.24, 2.45) is 0 Å². The van der Waals surface area contributed by atoms with Gasteiger partial charge < -0.3 is 9.64 Å². The van der Waals surface area contributed by atoms with E-state index in [-0.39, 0.29) is 5.91 Å². The topological polar surface area (TPSA) is 33.4 Å². The van der Waals surface area contributed by atoms with Gasteiger partial charge in [-0.05, 0) is 31.5 Å². The van der Waals surface area contributed by atoms with Crippen molar-refractivity contribution < 1.29 is 14.1 Å². The second-order valence-corrected chi connectivity index (χ2v) is 10.5. The van der Waals surface area contributed by atoms with Crippen molar-refractivity contribution in [3.05, 3.63) is 53.3 Å². The molecule has 1 aromatic carbocycles. The van der Waals surface area contributed by atoms with Crippen LogP contribution in [0.1, 0.15) is 116 Å². The number of pyridine rings is 1. The lowest BCUT2D eigenvalue weighted by Crippen LogP contribution is -2.41. The summed E-state index contributed by atoms with van der Waals surface area (Å²) >= 11 is 6.54. The van der Waals surface area contributed by atoms with Crippen molar-refractivity contribution in [1.29, 1.82) is 0 Å². The summed E-state index contributed by atoms with van der Waals surface area (Å²) in [5.41, 5.74) is 1.86. The summed E-state index contributed by atoms with van der Waals surface area (Å²) in [7, 11) is 0. The van der Waals surface area contributed by atoms with Gasteiger partial charge in [-0.25, -0.2) is 4.57 Å². The van der Waals surface area contributed by atoms with Gasteiger partial charge in [0.25, 0.3) is 0 Å². The normalized spacial score (nSPS) is 11.0. The van der Waals surface area contributed by atoms with E-state index in [4.69, 9.17) is 16.3 Å². The Morgan fingerprint density at radius 3 is 1.97 bits per heavy atom. The molecule has 0 saturated carbocycles. The fourth-order valence-electron chi connectivity index (χ4n) is 4.76. The number of nitrogens with zero attached hydrogens (tertiary/aromatic N) is 2. The minimum atomic E-state index is -0.0151. The molecule has 0 bridgehead atoms. The van der Waals surface area contributed by atoms with Gasteiger partial charge >= 0.3 is 0 Å². The number of benzene rings is 1. The molecule has 0 unspecified atom stereocenters. The van der Waals surface area contributed by atoms with E-state index >= 15 is 0 Å². The number of hydrogen-bond donors (Lipinski definition) is 0. The minimum Gasteiger partial charge on any atom is -0.492 e. The van der Waals surface area contributed by atoms with Crippen molar-refractivity contribution in [2.75, 3.05) is 11.5 Å². The molecule has 0 aliphatic heterocycles. The van der Waals surface area contributed by atoms with Crippen molar-refractivity contribution >= 4 is 23.2 Å². The Hall–Kier alpha value is -2.07. The highest BCUT2D eigenvalue weighted by atomic mass is 35.5. The van der Waals surface area contributed by atoms with E-state index in [1.165, 1.54) is 83.5 Å². The molecule has 0 saturated heterocycles. The number of hydrogen-bond acceptors (Lipinski definition) is 2. The molecule has 0 atom stereocenters. The molecule has 0 N–H and O–H groups in total. The Balaban J connectivity index is 1.63. The molecule has 2 aromatic rings. The monoisotopic (exact) mass is 529 g/mol. The van der Waals surface area contributed by atoms with E-state index in [0.717, 1.165) is 24.3 Å². The van der Waals surface area contributed by atoms with E-state index < -0.39 is 0 Å². The third-order valence-corrected chi connectivity index (χ3v) is 7.35. The number of aryl methyl sites for hydroxylation is 1. The standard InChI is InChI=1S/C32H50ClN2O2/c1-4-6-7-8-9-10-11-12-13-14-15-16-17-20-25-37-32-23-22-29(26-31(32)33)35(28(3)36)27-30-21-18-19-24-34(30)5-2/h18-19,21-24,26H,4-17,20,25,27H2,1-3H3/q+1. The Labute approximate surface area is 231 Å². The van der Waals surface area contributed by atoms with E-state index in [9.17, 15) is 4.79 Å². The summed E-state index contributed by atoms with van der Waals surface area (Å²) in [6, 6.07) is 11.7. The molecule has 1 amide bonds. The predicted octanol–water partition coefficient (Wildman–Crippen LogP) is 9.06. The SMILES string of the molecule is CCCCCCCCCCCCCCCCOc1ccc(N(Cc2cccc[n+]2CC)C(C)=O)cc1Cl. The minimum absolute atomic E-state index is 0.0151. The first-order valence-corrected chi connectivity index (χ1v) is 15.1. The van der Waals surface area contributed by atoms with Gasteiger partial charge in [0, 0.05) is 24.7 Å². The molecule has 0 fully saturated rings. The zero-order chi connectivity index (χ0) is 26.7. The van der Waals surface area contributed by atoms with Gasteiger partial charge in [0.05, 0.1) is 11.6 Å². The lowest BCUT2D eigenvalue weighted by Gasteiger charge is -2.21. The number of unbranched alkanes of at least 4 members (excludes halogenated alkanes) is 13. The third kappa shape index (κ3) is 12.3. The second-order valence-electron chi connectivity index (χ2n) is 10.1. The number of carbonyl (C=O) groups is 1. The average Bonchev–Trinajstić information content (AvgIpc) is 2.90. The van der Waals surface area contributed by atoms with E-state index in [1.807, 2.05) is 36.5 Å². The molecule has 5 heteroatoms. The molecule has 4 nitrogen and oxygen atoms in total. The zero-order valence-electron chi connectivity index (χ0n) is 23.7. The quantitative estimate of drug-likeness (QED) is 0.126. The van der Waals surface area contributed by atoms with Crippen molar-refractivity contribution in [1.82, 2.24) is 0 Å². The number of rotatable bonds is 20. The zero-order valence-corrected chi connectivity index (χ0v) is 24.4. The first kappa shape index (κ1) is 31.1. The maximum atomic E-state index is 12.4. The molecule has 0 aliphatic rings. The van der Waals surface area contributed by atoms with Gasteiger partial charge in [0.15, 0.2) is 6.20 Å². The van der Waals surface area contributed by atoms with Crippen LogP contribution in [0.5, 0.6) is 5.75 Å². The maximum Gasteiger partial charge on any atom is 0.224 e. The lowest BCUT2D eigenvalue weighted by molar-refractivity contribution is -0.700. The van der Waals surface area contributed by atoms with Crippen LogP contribution in [-0.4, -0.2) is 12.5 Å². The Bertz CT molecular complexity index is 902. The van der Waals surface area contributed by atoms with Gasteiger partial charge in [0.1, 0.15) is 18.8 Å². The second kappa shape index (κ2) is 19.1. The van der Waals surface area contributed by atoms with Crippen molar-refractivity contribution in [3.63, 3.8) is 0 Å². The van der Waals surface area contributed by atoms with E-state index in [2.05, 4.69) is 24.5 Å². The van der Waals surface area contributed by atoms with Gasteiger partial charge in [-0.15, -0.1) is 0 Å². The molecule has 206 valence electrons. The van der Waals surface area contributed by atoms with E-state index in [1.54, 1.807) is 11.8 Å². The number of anilines is 1. The summed E-state index contributed by atoms with van der Waals surface area (Å²) in [6.45, 7) is 8.00. The van der Waals surface area contributed by atoms with Crippen LogP contribution in [0.15, 0.2) is 42.6 Å². The predicted molar refractivity (Wildman–Crippen MR) is 156 cm³/mol. The highest BCUT2D eigenvalue weighted by Gasteiger charge is 2.19. The summed E-state index contributed by atoms with van der Waals surface area (Å²) in [5.74, 6) is 0.672. The fourth-order valence-corrected chi connectivity index (χ4v) is 4.99. The summed E-state index contributed by atoms with van der Waals surface area (Å²) < 4.78 is 8.10. The Morgan fingerprint density at radius 2 is 1.43 bits per heavy atom. The highest BCUT2D eigenvalue weighted by molar-refractivity contribution is 6.32. The molecule has 1 heterocycles. The largest absolute Gasteiger partial charge is 0.492 e. The first-order chi connectivity index (χ1) is 18.1. The Kier molecular flexibility index (Phi) is 16.1. The molecular formula is C32H50ClN2O2+. The summed E-state index contributed by atoms with van der Waals surface area (Å²) in [5, 5.41) is 0.547. The number of ether oxygens (including phenoxy) is 1. The van der Waals surface area contributed by atoms with Gasteiger partial charge in [-0.1, -0.05) is 108 Å². The summed E-state index contributed by atoms with van der Waals surface area (Å²) in [6.07, 6.45) is 20.9. The van der Waals surface area contributed by atoms with Crippen LogP contribution in [0.3, 0.4) is 0 Å². The molecule has 37 heavy (non-hydrogen) atoms.